The lowest BCUT2D eigenvalue weighted by atomic mass is 9.96. The maximum atomic E-state index is 12.2. The molecule has 168 valence electrons. The van der Waals surface area contributed by atoms with Gasteiger partial charge < -0.3 is 19.9 Å². The van der Waals surface area contributed by atoms with Gasteiger partial charge in [-0.2, -0.15) is 5.10 Å². The molecule has 0 spiro atoms. The summed E-state index contributed by atoms with van der Waals surface area (Å²) in [5.41, 5.74) is -0.701. The van der Waals surface area contributed by atoms with Crippen LogP contribution in [0.2, 0.25) is 0 Å². The number of nitrogens with one attached hydrogen (secondary N) is 1. The number of aromatic nitrogens is 2. The smallest absolute Gasteiger partial charge is 0.407 e. The normalized spacial score (nSPS) is 15.0. The highest BCUT2D eigenvalue weighted by molar-refractivity contribution is 6.27. The predicted molar refractivity (Wildman–Crippen MR) is 116 cm³/mol. The fourth-order valence-corrected chi connectivity index (χ4v) is 3.49. The maximum Gasteiger partial charge on any atom is 0.407 e. The molecule has 0 radical (unpaired) electrons. The van der Waals surface area contributed by atoms with Crippen molar-refractivity contribution in [1.82, 2.24) is 20.0 Å². The molecule has 9 nitrogen and oxygen atoms in total. The van der Waals surface area contributed by atoms with E-state index in [1.54, 1.807) is 38.8 Å². The molecule has 1 aromatic rings. The van der Waals surface area contributed by atoms with Crippen LogP contribution < -0.4 is 15.8 Å². The molecule has 0 bridgehead atoms. The lowest BCUT2D eigenvalue weighted by Gasteiger charge is -2.35. The number of alkyl carbamates (subject to hydrolysis) is 1. The summed E-state index contributed by atoms with van der Waals surface area (Å²) in [4.78, 5) is 39.4. The first-order chi connectivity index (χ1) is 14.1. The molecule has 0 unspecified atom stereocenters. The summed E-state index contributed by atoms with van der Waals surface area (Å²) in [6, 6.07) is 3.27. The number of halogens is 1. The van der Waals surface area contributed by atoms with E-state index in [0.717, 1.165) is 31.7 Å². The second kappa shape index (κ2) is 10.7. The molecule has 30 heavy (non-hydrogen) atoms. The molecule has 1 aromatic heterocycles. The van der Waals surface area contributed by atoms with Gasteiger partial charge in [0.2, 0.25) is 5.91 Å². The summed E-state index contributed by atoms with van der Waals surface area (Å²) in [5.74, 6) is 0.880. The number of piperidine rings is 1. The Kier molecular flexibility index (Phi) is 8.52. The number of hydrogen-bond donors (Lipinski definition) is 1. The van der Waals surface area contributed by atoms with E-state index in [-0.39, 0.29) is 17.3 Å². The number of nitrogens with zero attached hydrogens (tertiary/aromatic N) is 4. The monoisotopic (exact) mass is 441 g/mol. The molecule has 1 saturated heterocycles. The van der Waals surface area contributed by atoms with Gasteiger partial charge in [-0.1, -0.05) is 0 Å². The zero-order chi connectivity index (χ0) is 22.3. The average molecular weight is 442 g/mol. The van der Waals surface area contributed by atoms with E-state index in [2.05, 4.69) is 15.3 Å². The number of carbonyl (C=O) groups excluding carboxylic acids is 2. The minimum atomic E-state index is -0.566. The van der Waals surface area contributed by atoms with Crippen LogP contribution in [-0.2, 0) is 16.6 Å². The van der Waals surface area contributed by atoms with E-state index in [0.29, 0.717) is 25.6 Å². The Hall–Kier alpha value is -2.29. The zero-order valence-corrected chi connectivity index (χ0v) is 18.9. The molecule has 1 aliphatic heterocycles. The van der Waals surface area contributed by atoms with E-state index in [1.165, 1.54) is 10.7 Å². The number of rotatable bonds is 7. The van der Waals surface area contributed by atoms with Crippen LogP contribution in [0.5, 0.6) is 0 Å². The number of hydrogen-bond acceptors (Lipinski definition) is 6. The molecular formula is C20H32ClN5O4. The van der Waals surface area contributed by atoms with Crippen molar-refractivity contribution in [2.45, 2.75) is 39.2 Å². The fraction of sp³-hybridized carbons (Fsp3) is 0.700. The van der Waals surface area contributed by atoms with Crippen molar-refractivity contribution in [1.29, 1.82) is 0 Å². The Morgan fingerprint density at radius 2 is 1.97 bits per heavy atom. The third-order valence-corrected chi connectivity index (χ3v) is 5.11. The van der Waals surface area contributed by atoms with E-state index >= 15 is 0 Å². The largest absolute Gasteiger partial charge is 0.444 e. The maximum absolute atomic E-state index is 12.2. The van der Waals surface area contributed by atoms with Crippen LogP contribution in [0.4, 0.5) is 10.6 Å². The summed E-state index contributed by atoms with van der Waals surface area (Å²) < 4.78 is 6.55. The summed E-state index contributed by atoms with van der Waals surface area (Å²) in [6.45, 7) is 8.28. The minimum absolute atomic E-state index is 0.0900. The molecule has 1 aliphatic rings. The van der Waals surface area contributed by atoms with Crippen LogP contribution in [0.3, 0.4) is 0 Å². The quantitative estimate of drug-likeness (QED) is 0.645. The number of aryl methyl sites for hydroxylation is 1. The van der Waals surface area contributed by atoms with Crippen LogP contribution in [0.1, 0.15) is 33.6 Å². The molecule has 0 atom stereocenters. The molecule has 10 heteroatoms. The van der Waals surface area contributed by atoms with Gasteiger partial charge in [-0.3, -0.25) is 9.59 Å². The third kappa shape index (κ3) is 7.51. The van der Waals surface area contributed by atoms with E-state index < -0.39 is 11.7 Å². The number of carbonyl (C=O) groups is 2. The van der Waals surface area contributed by atoms with Gasteiger partial charge in [0.15, 0.2) is 0 Å². The van der Waals surface area contributed by atoms with Gasteiger partial charge in [-0.15, -0.1) is 11.6 Å². The van der Waals surface area contributed by atoms with Gasteiger partial charge >= 0.3 is 6.09 Å². The van der Waals surface area contributed by atoms with E-state index in [9.17, 15) is 14.4 Å². The first-order valence-electron chi connectivity index (χ1n) is 10.2. The van der Waals surface area contributed by atoms with Gasteiger partial charge in [0, 0.05) is 45.8 Å². The molecule has 2 amide bonds. The second-order valence-electron chi connectivity index (χ2n) is 8.49. The van der Waals surface area contributed by atoms with Crippen molar-refractivity contribution >= 4 is 29.4 Å². The van der Waals surface area contributed by atoms with Gasteiger partial charge in [0.05, 0.1) is 0 Å². The van der Waals surface area contributed by atoms with E-state index in [1.807, 2.05) is 0 Å². The second-order valence-corrected chi connectivity index (χ2v) is 8.75. The molecular weight excluding hydrogens is 410 g/mol. The molecule has 1 fully saturated rings. The van der Waals surface area contributed by atoms with Crippen molar-refractivity contribution in [2.24, 2.45) is 13.0 Å². The van der Waals surface area contributed by atoms with Crippen LogP contribution in [-0.4, -0.2) is 70.9 Å². The third-order valence-electron chi connectivity index (χ3n) is 4.88. The molecule has 0 aromatic carbocycles. The Labute approximate surface area is 182 Å². The zero-order valence-electron chi connectivity index (χ0n) is 18.2. The summed E-state index contributed by atoms with van der Waals surface area (Å²) in [5, 5.41) is 6.98. The van der Waals surface area contributed by atoms with Gasteiger partial charge in [0.1, 0.15) is 17.3 Å². The molecule has 2 heterocycles. The number of ether oxygens (including phenoxy) is 1. The highest BCUT2D eigenvalue weighted by Crippen LogP contribution is 2.22. The van der Waals surface area contributed by atoms with Crippen molar-refractivity contribution in [3.8, 4) is 0 Å². The highest BCUT2D eigenvalue weighted by Gasteiger charge is 2.24. The van der Waals surface area contributed by atoms with Crippen molar-refractivity contribution in [3.63, 3.8) is 0 Å². The Morgan fingerprint density at radius 3 is 2.53 bits per heavy atom. The number of alkyl halides is 1. The van der Waals surface area contributed by atoms with Crippen LogP contribution in [0, 0.1) is 5.92 Å². The molecule has 0 saturated carbocycles. The van der Waals surface area contributed by atoms with Crippen LogP contribution in [0.25, 0.3) is 0 Å². The van der Waals surface area contributed by atoms with Crippen molar-refractivity contribution in [2.75, 3.05) is 43.5 Å². The van der Waals surface area contributed by atoms with Crippen LogP contribution in [0.15, 0.2) is 16.9 Å². The first-order valence-corrected chi connectivity index (χ1v) is 10.7. The highest BCUT2D eigenvalue weighted by atomic mass is 35.5. The van der Waals surface area contributed by atoms with Crippen molar-refractivity contribution < 1.29 is 14.3 Å². The summed E-state index contributed by atoms with van der Waals surface area (Å²) >= 11 is 5.78. The lowest BCUT2D eigenvalue weighted by molar-refractivity contribution is -0.129. The van der Waals surface area contributed by atoms with Gasteiger partial charge in [-0.25, -0.2) is 9.48 Å². The Bertz CT molecular complexity index is 784. The predicted octanol–water partition coefficient (Wildman–Crippen LogP) is 1.59. The minimum Gasteiger partial charge on any atom is -0.444 e. The standard InChI is InChI=1S/C20H32ClN5O4/c1-20(2,3)30-19(29)22-9-12-26(18(28)13-21)14-15-7-10-25(11-8-15)16-5-6-17(27)24(4)23-16/h5-6,15H,7-14H2,1-4H3,(H,22,29). The molecule has 0 aliphatic carbocycles. The van der Waals surface area contributed by atoms with Gasteiger partial charge in [0.25, 0.3) is 5.56 Å². The average Bonchev–Trinajstić information content (AvgIpc) is 2.68. The topological polar surface area (TPSA) is 96.8 Å². The molecule has 2 rings (SSSR count). The Morgan fingerprint density at radius 1 is 1.30 bits per heavy atom. The lowest BCUT2D eigenvalue weighted by Crippen LogP contribution is -2.45. The number of anilines is 1. The number of amides is 2. The van der Waals surface area contributed by atoms with E-state index in [4.69, 9.17) is 16.3 Å². The van der Waals surface area contributed by atoms with Crippen molar-refractivity contribution in [3.05, 3.63) is 22.5 Å². The SMILES string of the molecule is Cn1nc(N2CCC(CN(CCNC(=O)OC(C)(C)C)C(=O)CCl)CC2)ccc1=O. The summed E-state index contributed by atoms with van der Waals surface area (Å²) in [6.07, 6.45) is 1.30. The molecule has 1 N–H and O–H groups in total. The fourth-order valence-electron chi connectivity index (χ4n) is 3.32. The summed E-state index contributed by atoms with van der Waals surface area (Å²) in [7, 11) is 1.64. The van der Waals surface area contributed by atoms with Gasteiger partial charge in [-0.05, 0) is 45.6 Å². The Balaban J connectivity index is 1.84. The first kappa shape index (κ1) is 24.0. The van der Waals surface area contributed by atoms with Crippen LogP contribution >= 0.6 is 11.6 Å².